The van der Waals surface area contributed by atoms with Crippen molar-refractivity contribution in [1.29, 1.82) is 0 Å². The third-order valence-corrected chi connectivity index (χ3v) is 3.20. The molecule has 6 nitrogen and oxygen atoms in total. The van der Waals surface area contributed by atoms with Crippen LogP contribution in [0.25, 0.3) is 22.7 Å². The molecule has 0 amide bonds. The molecule has 6 heteroatoms. The number of pyridine rings is 1. The maximum atomic E-state index is 5.42. The van der Waals surface area contributed by atoms with Crippen molar-refractivity contribution in [2.45, 2.75) is 0 Å². The lowest BCUT2D eigenvalue weighted by Crippen LogP contribution is -2.10. The van der Waals surface area contributed by atoms with Crippen molar-refractivity contribution in [3.05, 3.63) is 42.6 Å². The quantitative estimate of drug-likeness (QED) is 0.737. The number of hydrogen-bond acceptors (Lipinski definition) is 6. The van der Waals surface area contributed by atoms with Gasteiger partial charge in [-0.25, -0.2) is 0 Å². The second-order valence-electron chi connectivity index (χ2n) is 4.92. The molecule has 112 valence electrons. The van der Waals surface area contributed by atoms with E-state index in [4.69, 9.17) is 9.26 Å². The lowest BCUT2D eigenvalue weighted by atomic mass is 10.1. The van der Waals surface area contributed by atoms with E-state index in [9.17, 15) is 0 Å². The largest absolute Gasteiger partial charge is 0.496 e. The molecule has 2 aromatic heterocycles. The minimum absolute atomic E-state index is 0.462. The fraction of sp³-hybridized carbons (Fsp3) is 0.188. The van der Waals surface area contributed by atoms with Gasteiger partial charge in [0.05, 0.1) is 12.8 Å². The molecule has 0 aliphatic heterocycles. The van der Waals surface area contributed by atoms with Gasteiger partial charge in [-0.1, -0.05) is 6.07 Å². The third-order valence-electron chi connectivity index (χ3n) is 3.20. The van der Waals surface area contributed by atoms with Crippen LogP contribution in [0.5, 0.6) is 5.75 Å². The van der Waals surface area contributed by atoms with Gasteiger partial charge in [-0.2, -0.15) is 4.98 Å². The van der Waals surface area contributed by atoms with Crippen molar-refractivity contribution in [1.82, 2.24) is 15.1 Å². The minimum Gasteiger partial charge on any atom is -0.496 e. The van der Waals surface area contributed by atoms with Crippen LogP contribution in [0.1, 0.15) is 0 Å². The first-order valence-electron chi connectivity index (χ1n) is 6.80. The molecule has 22 heavy (non-hydrogen) atoms. The van der Waals surface area contributed by atoms with Crippen LogP contribution in [-0.4, -0.2) is 36.3 Å². The Bertz CT molecular complexity index is 769. The summed E-state index contributed by atoms with van der Waals surface area (Å²) in [7, 11) is 5.36. The van der Waals surface area contributed by atoms with Crippen molar-refractivity contribution in [3.63, 3.8) is 0 Å². The van der Waals surface area contributed by atoms with Crippen molar-refractivity contribution in [2.75, 3.05) is 26.1 Å². The zero-order chi connectivity index (χ0) is 15.5. The minimum atomic E-state index is 0.462. The molecule has 0 N–H and O–H groups in total. The van der Waals surface area contributed by atoms with Gasteiger partial charge >= 0.3 is 0 Å². The highest BCUT2D eigenvalue weighted by atomic mass is 16.5. The topological polar surface area (TPSA) is 64.3 Å². The van der Waals surface area contributed by atoms with Crippen molar-refractivity contribution < 1.29 is 9.26 Å². The summed E-state index contributed by atoms with van der Waals surface area (Å²) in [6.07, 6.45) is 1.75. The average molecular weight is 296 g/mol. The molecule has 0 aliphatic carbocycles. The van der Waals surface area contributed by atoms with Crippen LogP contribution < -0.4 is 9.64 Å². The summed E-state index contributed by atoms with van der Waals surface area (Å²) in [5, 5.41) is 3.93. The van der Waals surface area contributed by atoms with Gasteiger partial charge in [-0.3, -0.25) is 4.98 Å². The third kappa shape index (κ3) is 2.63. The molecule has 0 fully saturated rings. The molecule has 3 rings (SSSR count). The average Bonchev–Trinajstić information content (AvgIpc) is 3.05. The molecule has 0 unspecified atom stereocenters. The monoisotopic (exact) mass is 296 g/mol. The first kappa shape index (κ1) is 14.1. The molecule has 0 saturated heterocycles. The number of ether oxygens (including phenoxy) is 1. The molecule has 0 radical (unpaired) electrons. The zero-order valence-electron chi connectivity index (χ0n) is 12.6. The molecule has 0 bridgehead atoms. The molecule has 3 aromatic rings. The van der Waals surface area contributed by atoms with Crippen LogP contribution >= 0.6 is 0 Å². The predicted molar refractivity (Wildman–Crippen MR) is 83.8 cm³/mol. The summed E-state index contributed by atoms with van der Waals surface area (Å²) in [5.74, 6) is 1.74. The van der Waals surface area contributed by atoms with E-state index >= 15 is 0 Å². The Morgan fingerprint density at radius 2 is 2.00 bits per heavy atom. The van der Waals surface area contributed by atoms with Gasteiger partial charge in [-0.15, -0.1) is 0 Å². The van der Waals surface area contributed by atoms with Crippen molar-refractivity contribution >= 4 is 5.95 Å². The van der Waals surface area contributed by atoms with Gasteiger partial charge in [0, 0.05) is 31.4 Å². The van der Waals surface area contributed by atoms with Crippen LogP contribution in [0.15, 0.2) is 47.1 Å². The number of nitrogens with zero attached hydrogens (tertiary/aromatic N) is 4. The number of anilines is 1. The Morgan fingerprint density at radius 1 is 1.14 bits per heavy atom. The number of methoxy groups -OCH3 is 1. The number of hydrogen-bond donors (Lipinski definition) is 0. The Balaban J connectivity index is 2.07. The van der Waals surface area contributed by atoms with Crippen LogP contribution in [-0.2, 0) is 0 Å². The Hall–Kier alpha value is -2.89. The molecule has 0 aliphatic rings. The summed E-state index contributed by atoms with van der Waals surface area (Å²) < 4.78 is 10.7. The standard InChI is InChI=1S/C16H16N4O2/c1-20(2)16-18-15(22-19-16)11-7-8-14(21-3)12(10-11)13-6-4-5-9-17-13/h4-10H,1-3H3. The maximum Gasteiger partial charge on any atom is 0.265 e. The molecule has 1 aromatic carbocycles. The molecule has 0 saturated carbocycles. The Morgan fingerprint density at radius 3 is 2.64 bits per heavy atom. The predicted octanol–water partition coefficient (Wildman–Crippen LogP) is 2.87. The highest BCUT2D eigenvalue weighted by Gasteiger charge is 2.14. The lowest BCUT2D eigenvalue weighted by Gasteiger charge is -2.09. The summed E-state index contributed by atoms with van der Waals surface area (Å²) >= 11 is 0. The van der Waals surface area contributed by atoms with E-state index in [0.29, 0.717) is 11.8 Å². The lowest BCUT2D eigenvalue weighted by molar-refractivity contribution is 0.416. The second-order valence-corrected chi connectivity index (χ2v) is 4.92. The highest BCUT2D eigenvalue weighted by molar-refractivity contribution is 5.73. The van der Waals surface area contributed by atoms with Gasteiger partial charge in [0.2, 0.25) is 0 Å². The molecule has 0 spiro atoms. The van der Waals surface area contributed by atoms with Gasteiger partial charge in [0.15, 0.2) is 0 Å². The molecule has 2 heterocycles. The summed E-state index contributed by atoms with van der Waals surface area (Å²) in [5.41, 5.74) is 2.53. The molecule has 0 atom stereocenters. The Labute approximate surface area is 128 Å². The first-order chi connectivity index (χ1) is 10.7. The second kappa shape index (κ2) is 5.85. The number of benzene rings is 1. The fourth-order valence-electron chi connectivity index (χ4n) is 2.08. The van der Waals surface area contributed by atoms with Gasteiger partial charge in [0.1, 0.15) is 5.75 Å². The zero-order valence-corrected chi connectivity index (χ0v) is 12.6. The van der Waals surface area contributed by atoms with Crippen LogP contribution in [0, 0.1) is 0 Å². The summed E-state index contributed by atoms with van der Waals surface area (Å²) in [4.78, 5) is 10.5. The smallest absolute Gasteiger partial charge is 0.265 e. The van der Waals surface area contributed by atoms with Gasteiger partial charge in [0.25, 0.3) is 11.8 Å². The number of rotatable bonds is 4. The maximum absolute atomic E-state index is 5.42. The first-order valence-corrected chi connectivity index (χ1v) is 6.80. The summed E-state index contributed by atoms with van der Waals surface area (Å²) in [6, 6.07) is 11.4. The van der Waals surface area contributed by atoms with E-state index in [1.165, 1.54) is 0 Å². The normalized spacial score (nSPS) is 10.5. The molecular weight excluding hydrogens is 280 g/mol. The van der Waals surface area contributed by atoms with Crippen LogP contribution in [0.4, 0.5) is 5.95 Å². The molecular formula is C16H16N4O2. The van der Waals surface area contributed by atoms with Crippen molar-refractivity contribution in [2.24, 2.45) is 0 Å². The van der Waals surface area contributed by atoms with Crippen LogP contribution in [0.2, 0.25) is 0 Å². The number of aromatic nitrogens is 3. The Kier molecular flexibility index (Phi) is 3.74. The van der Waals surface area contributed by atoms with E-state index < -0.39 is 0 Å². The van der Waals surface area contributed by atoms with Crippen molar-refractivity contribution in [3.8, 4) is 28.5 Å². The SMILES string of the molecule is COc1ccc(-c2nc(N(C)C)no2)cc1-c1ccccn1. The summed E-state index contributed by atoms with van der Waals surface area (Å²) in [6.45, 7) is 0. The highest BCUT2D eigenvalue weighted by Crippen LogP contribution is 2.32. The van der Waals surface area contributed by atoms with E-state index in [0.717, 1.165) is 22.6 Å². The van der Waals surface area contributed by atoms with Gasteiger partial charge < -0.3 is 14.2 Å². The van der Waals surface area contributed by atoms with E-state index in [1.54, 1.807) is 18.2 Å². The van der Waals surface area contributed by atoms with E-state index in [-0.39, 0.29) is 0 Å². The van der Waals surface area contributed by atoms with E-state index in [1.807, 2.05) is 50.5 Å². The van der Waals surface area contributed by atoms with Crippen LogP contribution in [0.3, 0.4) is 0 Å². The van der Waals surface area contributed by atoms with E-state index in [2.05, 4.69) is 15.1 Å². The van der Waals surface area contributed by atoms with Gasteiger partial charge in [-0.05, 0) is 35.5 Å². The fourth-order valence-corrected chi connectivity index (χ4v) is 2.08.